The van der Waals surface area contributed by atoms with Crippen LogP contribution in [0.4, 0.5) is 0 Å². The molecule has 0 amide bonds. The van der Waals surface area contributed by atoms with Gasteiger partial charge < -0.3 is 25.2 Å². The number of nitrogens with zero attached hydrogens (tertiary/aromatic N) is 1. The number of rotatable bonds is 8. The van der Waals surface area contributed by atoms with Crippen molar-refractivity contribution in [2.45, 2.75) is 18.9 Å². The predicted molar refractivity (Wildman–Crippen MR) is 95.1 cm³/mol. The summed E-state index contributed by atoms with van der Waals surface area (Å²) in [5.41, 5.74) is 1.12. The second-order valence-electron chi connectivity index (χ2n) is 6.22. The second-order valence-corrected chi connectivity index (χ2v) is 6.22. The molecule has 1 aliphatic rings. The zero-order valence-corrected chi connectivity index (χ0v) is 14.6. The lowest BCUT2D eigenvalue weighted by molar-refractivity contribution is 0.106. The third-order valence-electron chi connectivity index (χ3n) is 4.59. The predicted octanol–water partition coefficient (Wildman–Crippen LogP) is 1.33. The van der Waals surface area contributed by atoms with Crippen LogP contribution in [0, 0.1) is 5.41 Å². The van der Waals surface area contributed by atoms with Gasteiger partial charge in [-0.3, -0.25) is 4.99 Å². The van der Waals surface area contributed by atoms with E-state index in [-0.39, 0.29) is 18.1 Å². The summed E-state index contributed by atoms with van der Waals surface area (Å²) in [5, 5.41) is 16.0. The molecule has 6 nitrogen and oxygen atoms in total. The second kappa shape index (κ2) is 9.61. The van der Waals surface area contributed by atoms with Gasteiger partial charge in [0.05, 0.1) is 12.7 Å². The molecular formula is C18H29N3O3. The van der Waals surface area contributed by atoms with Crippen molar-refractivity contribution in [3.05, 3.63) is 35.9 Å². The smallest absolute Gasteiger partial charge is 0.191 e. The molecule has 0 spiro atoms. The van der Waals surface area contributed by atoms with E-state index >= 15 is 0 Å². The number of hydrogen-bond donors (Lipinski definition) is 3. The molecule has 1 aromatic carbocycles. The van der Waals surface area contributed by atoms with Crippen LogP contribution in [0.15, 0.2) is 35.3 Å². The molecule has 6 heteroatoms. The fourth-order valence-corrected chi connectivity index (χ4v) is 3.00. The van der Waals surface area contributed by atoms with E-state index in [2.05, 4.69) is 27.8 Å². The molecule has 1 aliphatic heterocycles. The number of nitrogens with one attached hydrogen (secondary N) is 2. The Labute approximate surface area is 144 Å². The molecule has 24 heavy (non-hydrogen) atoms. The van der Waals surface area contributed by atoms with Gasteiger partial charge in [-0.05, 0) is 18.4 Å². The number of methoxy groups -OCH3 is 1. The largest absolute Gasteiger partial charge is 0.396 e. The standard InChI is InChI=1S/C18H29N3O3/c1-19-17(21-13-18(8-10-22)9-11-24-14-18)20-12-16(23-2)15-6-4-3-5-7-15/h3-7,16,22H,8-14H2,1-2H3,(H2,19,20,21). The van der Waals surface area contributed by atoms with Crippen LogP contribution in [-0.2, 0) is 9.47 Å². The van der Waals surface area contributed by atoms with Gasteiger partial charge in [0.1, 0.15) is 0 Å². The molecule has 0 bridgehead atoms. The summed E-state index contributed by atoms with van der Waals surface area (Å²) in [4.78, 5) is 4.28. The molecular weight excluding hydrogens is 306 g/mol. The molecule has 0 aliphatic carbocycles. The van der Waals surface area contributed by atoms with Crippen molar-refractivity contribution >= 4 is 5.96 Å². The zero-order chi connectivity index (χ0) is 17.3. The average Bonchev–Trinajstić information content (AvgIpc) is 3.08. The fraction of sp³-hybridized carbons (Fsp3) is 0.611. The SMILES string of the molecule is CN=C(NCC(OC)c1ccccc1)NCC1(CCO)CCOC1. The quantitative estimate of drug-likeness (QED) is 0.494. The molecule has 0 radical (unpaired) electrons. The topological polar surface area (TPSA) is 75.1 Å². The lowest BCUT2D eigenvalue weighted by Crippen LogP contribution is -2.45. The van der Waals surface area contributed by atoms with Crippen LogP contribution in [0.1, 0.15) is 24.5 Å². The highest BCUT2D eigenvalue weighted by Crippen LogP contribution is 2.31. The molecule has 2 unspecified atom stereocenters. The van der Waals surface area contributed by atoms with Gasteiger partial charge >= 0.3 is 0 Å². The van der Waals surface area contributed by atoms with E-state index < -0.39 is 0 Å². The summed E-state index contributed by atoms with van der Waals surface area (Å²) in [6.07, 6.45) is 1.66. The third kappa shape index (κ3) is 5.19. The molecule has 134 valence electrons. The van der Waals surface area contributed by atoms with E-state index in [9.17, 15) is 5.11 Å². The highest BCUT2D eigenvalue weighted by atomic mass is 16.5. The zero-order valence-electron chi connectivity index (χ0n) is 14.6. The van der Waals surface area contributed by atoms with Gasteiger partial charge in [0, 0.05) is 45.9 Å². The highest BCUT2D eigenvalue weighted by molar-refractivity contribution is 5.79. The summed E-state index contributed by atoms with van der Waals surface area (Å²) < 4.78 is 11.1. The summed E-state index contributed by atoms with van der Waals surface area (Å²) in [6.45, 7) is 2.98. The Balaban J connectivity index is 1.85. The van der Waals surface area contributed by atoms with E-state index in [4.69, 9.17) is 9.47 Å². The van der Waals surface area contributed by atoms with Crippen LogP contribution < -0.4 is 10.6 Å². The normalized spacial score (nSPS) is 22.4. The number of ether oxygens (including phenoxy) is 2. The molecule has 1 fully saturated rings. The van der Waals surface area contributed by atoms with Gasteiger partial charge in [-0.15, -0.1) is 0 Å². The van der Waals surface area contributed by atoms with Crippen molar-refractivity contribution in [1.29, 1.82) is 0 Å². The Morgan fingerprint density at radius 1 is 1.38 bits per heavy atom. The van der Waals surface area contributed by atoms with Gasteiger partial charge in [0.2, 0.25) is 0 Å². The molecule has 2 rings (SSSR count). The van der Waals surface area contributed by atoms with E-state index in [1.165, 1.54) is 0 Å². The van der Waals surface area contributed by atoms with E-state index in [0.717, 1.165) is 37.5 Å². The third-order valence-corrected chi connectivity index (χ3v) is 4.59. The van der Waals surface area contributed by atoms with Gasteiger partial charge in [0.15, 0.2) is 5.96 Å². The van der Waals surface area contributed by atoms with Crippen molar-refractivity contribution < 1.29 is 14.6 Å². The summed E-state index contributed by atoms with van der Waals surface area (Å²) >= 11 is 0. The van der Waals surface area contributed by atoms with Crippen molar-refractivity contribution in [1.82, 2.24) is 10.6 Å². The van der Waals surface area contributed by atoms with Gasteiger partial charge in [-0.2, -0.15) is 0 Å². The average molecular weight is 335 g/mol. The van der Waals surface area contributed by atoms with Crippen molar-refractivity contribution in [2.24, 2.45) is 10.4 Å². The highest BCUT2D eigenvalue weighted by Gasteiger charge is 2.34. The van der Waals surface area contributed by atoms with Crippen LogP contribution in [0.2, 0.25) is 0 Å². The van der Waals surface area contributed by atoms with Crippen molar-refractivity contribution in [3.63, 3.8) is 0 Å². The molecule has 0 saturated carbocycles. The van der Waals surface area contributed by atoms with E-state index in [1.807, 2.05) is 18.2 Å². The first-order chi connectivity index (χ1) is 11.7. The Morgan fingerprint density at radius 2 is 2.17 bits per heavy atom. The van der Waals surface area contributed by atoms with Gasteiger partial charge in [0.25, 0.3) is 0 Å². The maximum Gasteiger partial charge on any atom is 0.191 e. The van der Waals surface area contributed by atoms with Crippen LogP contribution >= 0.6 is 0 Å². The molecule has 0 aromatic heterocycles. The van der Waals surface area contributed by atoms with E-state index in [0.29, 0.717) is 13.2 Å². The number of aliphatic hydroxyl groups excluding tert-OH is 1. The minimum atomic E-state index is -0.0361. The number of guanidine groups is 1. The molecule has 2 atom stereocenters. The first kappa shape index (κ1) is 18.7. The Hall–Kier alpha value is -1.63. The summed E-state index contributed by atoms with van der Waals surface area (Å²) in [6, 6.07) is 10.1. The summed E-state index contributed by atoms with van der Waals surface area (Å²) in [7, 11) is 3.46. The fourth-order valence-electron chi connectivity index (χ4n) is 3.00. The van der Waals surface area contributed by atoms with Crippen LogP contribution in [0.3, 0.4) is 0 Å². The first-order valence-corrected chi connectivity index (χ1v) is 8.44. The Kier molecular flexibility index (Phi) is 7.49. The monoisotopic (exact) mass is 335 g/mol. The minimum Gasteiger partial charge on any atom is -0.396 e. The van der Waals surface area contributed by atoms with Gasteiger partial charge in [-0.1, -0.05) is 30.3 Å². The molecule has 1 heterocycles. The van der Waals surface area contributed by atoms with Crippen LogP contribution in [0.25, 0.3) is 0 Å². The first-order valence-electron chi connectivity index (χ1n) is 8.44. The van der Waals surface area contributed by atoms with Gasteiger partial charge in [-0.25, -0.2) is 0 Å². The van der Waals surface area contributed by atoms with Crippen molar-refractivity contribution in [2.75, 3.05) is 47.1 Å². The number of aliphatic imine (C=N–C) groups is 1. The van der Waals surface area contributed by atoms with Crippen molar-refractivity contribution in [3.8, 4) is 0 Å². The number of aliphatic hydroxyl groups is 1. The van der Waals surface area contributed by atoms with E-state index in [1.54, 1.807) is 14.2 Å². The van der Waals surface area contributed by atoms with Crippen LogP contribution in [0.5, 0.6) is 0 Å². The molecule has 3 N–H and O–H groups in total. The Bertz CT molecular complexity index is 501. The number of hydrogen-bond acceptors (Lipinski definition) is 4. The molecule has 1 aromatic rings. The lowest BCUT2D eigenvalue weighted by Gasteiger charge is -2.28. The molecule has 1 saturated heterocycles. The maximum atomic E-state index is 9.30. The maximum absolute atomic E-state index is 9.30. The lowest BCUT2D eigenvalue weighted by atomic mass is 9.84. The Morgan fingerprint density at radius 3 is 2.75 bits per heavy atom. The summed E-state index contributed by atoms with van der Waals surface area (Å²) in [5.74, 6) is 0.734. The number of benzene rings is 1. The van der Waals surface area contributed by atoms with Crippen LogP contribution in [-0.4, -0.2) is 58.1 Å². The minimum absolute atomic E-state index is 0.00748.